The fourth-order valence-corrected chi connectivity index (χ4v) is 8.35. The van der Waals surface area contributed by atoms with E-state index in [-0.39, 0.29) is 0 Å². The van der Waals surface area contributed by atoms with Crippen LogP contribution >= 0.6 is 0 Å². The Balaban J connectivity index is 1.05. The molecule has 0 amide bonds. The van der Waals surface area contributed by atoms with E-state index in [9.17, 15) is 0 Å². The van der Waals surface area contributed by atoms with Crippen molar-refractivity contribution in [3.8, 4) is 44.5 Å². The Hall–Kier alpha value is -7.62. The molecule has 0 unspecified atom stereocenters. The average Bonchev–Trinajstić information content (AvgIpc) is 3.86. The first kappa shape index (κ1) is 32.8. The van der Waals surface area contributed by atoms with Crippen molar-refractivity contribution in [2.75, 3.05) is 4.90 Å². The Labute approximate surface area is 330 Å². The highest BCUT2D eigenvalue weighted by Crippen LogP contribution is 2.46. The SMILES string of the molecule is c1ccc(-c2ccc(-c3ccccc3N(c3ccc(-c4ccccc4)cc3)c3ccc(-c4cc5oc6ccccc6c5c5c4oc4ccccc45)cc3)cc2)cc1. The predicted octanol–water partition coefficient (Wildman–Crippen LogP) is 15.6. The van der Waals surface area contributed by atoms with Gasteiger partial charge in [-0.15, -0.1) is 0 Å². The number of fused-ring (bicyclic) bond motifs is 7. The maximum atomic E-state index is 6.68. The molecule has 3 nitrogen and oxygen atoms in total. The monoisotopic (exact) mass is 729 g/mol. The summed E-state index contributed by atoms with van der Waals surface area (Å²) in [6.07, 6.45) is 0. The van der Waals surface area contributed by atoms with Crippen LogP contribution < -0.4 is 4.90 Å². The minimum absolute atomic E-state index is 0.849. The molecule has 0 radical (unpaired) electrons. The molecule has 0 spiro atoms. The Morgan fingerprint density at radius 2 is 0.737 bits per heavy atom. The third-order valence-electron chi connectivity index (χ3n) is 11.1. The van der Waals surface area contributed by atoms with Crippen LogP contribution in [-0.4, -0.2) is 0 Å². The maximum Gasteiger partial charge on any atom is 0.144 e. The lowest BCUT2D eigenvalue weighted by Crippen LogP contribution is -2.11. The highest BCUT2D eigenvalue weighted by atomic mass is 16.3. The van der Waals surface area contributed by atoms with Crippen LogP contribution in [0.1, 0.15) is 0 Å². The van der Waals surface area contributed by atoms with Gasteiger partial charge in [0.15, 0.2) is 0 Å². The quantitative estimate of drug-likeness (QED) is 0.164. The third-order valence-corrected chi connectivity index (χ3v) is 11.1. The number of anilines is 3. The minimum atomic E-state index is 0.849. The van der Waals surface area contributed by atoms with Crippen molar-refractivity contribution in [3.63, 3.8) is 0 Å². The van der Waals surface area contributed by atoms with E-state index < -0.39 is 0 Å². The number of para-hydroxylation sites is 3. The van der Waals surface area contributed by atoms with E-state index in [2.05, 4.69) is 193 Å². The minimum Gasteiger partial charge on any atom is -0.456 e. The van der Waals surface area contributed by atoms with Gasteiger partial charge in [-0.25, -0.2) is 0 Å². The van der Waals surface area contributed by atoms with Gasteiger partial charge in [-0.05, 0) is 81.9 Å². The molecule has 9 aromatic carbocycles. The van der Waals surface area contributed by atoms with Gasteiger partial charge in [0.25, 0.3) is 0 Å². The van der Waals surface area contributed by atoms with Crippen LogP contribution in [0.15, 0.2) is 221 Å². The summed E-state index contributed by atoms with van der Waals surface area (Å²) in [5.74, 6) is 0. The summed E-state index contributed by atoms with van der Waals surface area (Å²) in [6, 6.07) is 75.0. The summed E-state index contributed by atoms with van der Waals surface area (Å²) >= 11 is 0. The Morgan fingerprint density at radius 3 is 1.37 bits per heavy atom. The van der Waals surface area contributed by atoms with Crippen molar-refractivity contribution in [1.82, 2.24) is 0 Å². The fourth-order valence-electron chi connectivity index (χ4n) is 8.35. The summed E-state index contributed by atoms with van der Waals surface area (Å²) in [4.78, 5) is 2.36. The summed E-state index contributed by atoms with van der Waals surface area (Å²) in [5, 5.41) is 4.35. The first-order valence-electron chi connectivity index (χ1n) is 19.3. The molecule has 2 aromatic heterocycles. The van der Waals surface area contributed by atoms with Crippen LogP contribution in [0.3, 0.4) is 0 Å². The number of nitrogens with zero attached hydrogens (tertiary/aromatic N) is 1. The van der Waals surface area contributed by atoms with Crippen molar-refractivity contribution in [2.24, 2.45) is 0 Å². The Kier molecular flexibility index (Phi) is 7.82. The molecule has 0 atom stereocenters. The van der Waals surface area contributed by atoms with E-state index in [1.165, 1.54) is 22.3 Å². The smallest absolute Gasteiger partial charge is 0.144 e. The normalized spacial score (nSPS) is 11.5. The molecule has 0 fully saturated rings. The first-order chi connectivity index (χ1) is 28.3. The van der Waals surface area contributed by atoms with Gasteiger partial charge in [-0.3, -0.25) is 0 Å². The third kappa shape index (κ3) is 5.68. The number of hydrogen-bond donors (Lipinski definition) is 0. The van der Waals surface area contributed by atoms with Crippen LogP contribution in [0.5, 0.6) is 0 Å². The molecule has 0 aliphatic carbocycles. The molecule has 2 heterocycles. The lowest BCUT2D eigenvalue weighted by molar-refractivity contribution is 0.664. The molecule has 0 N–H and O–H groups in total. The summed E-state index contributed by atoms with van der Waals surface area (Å²) in [5.41, 5.74) is 15.8. The van der Waals surface area contributed by atoms with Gasteiger partial charge >= 0.3 is 0 Å². The molecule has 0 bridgehead atoms. The van der Waals surface area contributed by atoms with Crippen LogP contribution in [0.2, 0.25) is 0 Å². The van der Waals surface area contributed by atoms with Crippen LogP contribution in [0.25, 0.3) is 88.4 Å². The van der Waals surface area contributed by atoms with Gasteiger partial charge in [0.05, 0.1) is 5.69 Å². The second-order valence-electron chi connectivity index (χ2n) is 14.5. The molecule has 268 valence electrons. The standard InChI is InChI=1S/C54H35NO2/c1-3-13-36(14-4-1)38-23-25-40(26-24-38)44-17-7-10-20-48(44)55(42-31-27-39(28-32-42)37-15-5-2-6-16-37)43-33-29-41(30-34-43)47-35-51-52(45-18-8-11-21-49(45)56-51)53-46-19-9-12-22-50(46)57-54(47)53/h1-35H. The highest BCUT2D eigenvalue weighted by molar-refractivity contribution is 6.28. The second-order valence-corrected chi connectivity index (χ2v) is 14.5. The molecule has 0 aliphatic rings. The molecule has 11 aromatic rings. The maximum absolute atomic E-state index is 6.68. The summed E-state index contributed by atoms with van der Waals surface area (Å²) in [6.45, 7) is 0. The van der Waals surface area contributed by atoms with Crippen molar-refractivity contribution < 1.29 is 8.83 Å². The van der Waals surface area contributed by atoms with Gasteiger partial charge < -0.3 is 13.7 Å². The molecule has 11 rings (SSSR count). The van der Waals surface area contributed by atoms with Crippen molar-refractivity contribution >= 4 is 60.9 Å². The number of rotatable bonds is 7. The lowest BCUT2D eigenvalue weighted by Gasteiger charge is -2.28. The number of benzene rings is 9. The number of hydrogen-bond acceptors (Lipinski definition) is 3. The Bertz CT molecular complexity index is 3200. The van der Waals surface area contributed by atoms with E-state index in [1.54, 1.807) is 0 Å². The van der Waals surface area contributed by atoms with Gasteiger partial charge in [0.2, 0.25) is 0 Å². The van der Waals surface area contributed by atoms with E-state index in [0.717, 1.165) is 83.2 Å². The molecule has 0 saturated heterocycles. The Morgan fingerprint density at radius 1 is 0.298 bits per heavy atom. The van der Waals surface area contributed by atoms with E-state index in [4.69, 9.17) is 8.83 Å². The van der Waals surface area contributed by atoms with Crippen LogP contribution in [-0.2, 0) is 0 Å². The zero-order chi connectivity index (χ0) is 37.7. The fraction of sp³-hybridized carbons (Fsp3) is 0. The largest absolute Gasteiger partial charge is 0.456 e. The highest BCUT2D eigenvalue weighted by Gasteiger charge is 2.22. The molecular formula is C54H35NO2. The van der Waals surface area contributed by atoms with E-state index in [1.807, 2.05) is 24.3 Å². The van der Waals surface area contributed by atoms with Gasteiger partial charge in [-0.2, -0.15) is 0 Å². The van der Waals surface area contributed by atoms with Crippen molar-refractivity contribution in [1.29, 1.82) is 0 Å². The molecule has 3 heteroatoms. The van der Waals surface area contributed by atoms with Crippen LogP contribution in [0, 0.1) is 0 Å². The van der Waals surface area contributed by atoms with Gasteiger partial charge in [0, 0.05) is 44.0 Å². The zero-order valence-corrected chi connectivity index (χ0v) is 31.0. The second kappa shape index (κ2) is 13.6. The summed E-state index contributed by atoms with van der Waals surface area (Å²) in [7, 11) is 0. The van der Waals surface area contributed by atoms with Crippen LogP contribution in [0.4, 0.5) is 17.1 Å². The molecule has 0 saturated carbocycles. The van der Waals surface area contributed by atoms with Gasteiger partial charge in [-0.1, -0.05) is 164 Å². The average molecular weight is 730 g/mol. The van der Waals surface area contributed by atoms with E-state index >= 15 is 0 Å². The first-order valence-corrected chi connectivity index (χ1v) is 19.3. The van der Waals surface area contributed by atoms with Crippen molar-refractivity contribution in [2.45, 2.75) is 0 Å². The summed E-state index contributed by atoms with van der Waals surface area (Å²) < 4.78 is 13.2. The molecular weight excluding hydrogens is 695 g/mol. The zero-order valence-electron chi connectivity index (χ0n) is 31.0. The van der Waals surface area contributed by atoms with Crippen molar-refractivity contribution in [3.05, 3.63) is 212 Å². The molecule has 57 heavy (non-hydrogen) atoms. The number of furan rings is 2. The lowest BCUT2D eigenvalue weighted by atomic mass is 9.97. The van der Waals surface area contributed by atoms with Gasteiger partial charge in [0.1, 0.15) is 22.3 Å². The molecule has 0 aliphatic heterocycles. The van der Waals surface area contributed by atoms with E-state index in [0.29, 0.717) is 0 Å². The topological polar surface area (TPSA) is 29.5 Å². The predicted molar refractivity (Wildman–Crippen MR) is 237 cm³/mol.